The number of rotatable bonds is 8. The SMILES string of the molecule is [B]c1c([B])c([B])c(-c2nc(-c3ccccc3)nc(-c3cc(-c4ccc(-c5nc(-c6ccccc6)nc(-c6ccccc6)n5)c5oc6ccccc6c45)ccc3-n3c4ccccc4c4ccccc43)n2)c([B])c1[B]. The predicted octanol–water partition coefficient (Wildman–Crippen LogP) is 8.69. The second-order valence-corrected chi connectivity index (χ2v) is 17.7. The Hall–Kier alpha value is -9.08. The van der Waals surface area contributed by atoms with E-state index in [0.717, 1.165) is 66.1 Å². The highest BCUT2D eigenvalue weighted by atomic mass is 16.3. The lowest BCUT2D eigenvalue weighted by Gasteiger charge is -2.21. The number of nitrogens with zero attached hydrogens (tertiary/aromatic N) is 7. The Morgan fingerprint density at radius 1 is 0.329 bits per heavy atom. The summed E-state index contributed by atoms with van der Waals surface area (Å²) in [7, 11) is 32.7. The van der Waals surface area contributed by atoms with Gasteiger partial charge in [0.2, 0.25) is 0 Å². The molecule has 10 radical (unpaired) electrons. The van der Waals surface area contributed by atoms with Crippen molar-refractivity contribution in [2.45, 2.75) is 0 Å². The maximum absolute atomic E-state index is 6.87. The van der Waals surface area contributed by atoms with Gasteiger partial charge in [-0.25, -0.2) is 29.9 Å². The van der Waals surface area contributed by atoms with E-state index < -0.39 is 0 Å². The minimum absolute atomic E-state index is 0.0856. The normalized spacial score (nSPS) is 11.6. The third-order valence-corrected chi connectivity index (χ3v) is 13.4. The van der Waals surface area contributed by atoms with Crippen molar-refractivity contribution in [1.29, 1.82) is 0 Å². The summed E-state index contributed by atoms with van der Waals surface area (Å²) in [6.45, 7) is 0. The fourth-order valence-electron chi connectivity index (χ4n) is 9.85. The molecule has 13 rings (SSSR count). The molecule has 0 amide bonds. The molecule has 0 unspecified atom stereocenters. The number of aromatic nitrogens is 7. The largest absolute Gasteiger partial charge is 0.455 e. The maximum Gasteiger partial charge on any atom is 0.167 e. The fraction of sp³-hybridized carbons (Fsp3) is 0. The molecule has 0 N–H and O–H groups in total. The van der Waals surface area contributed by atoms with Gasteiger partial charge in [0.15, 0.2) is 34.9 Å². The second-order valence-electron chi connectivity index (χ2n) is 17.7. The lowest BCUT2D eigenvalue weighted by molar-refractivity contribution is 0.669. The van der Waals surface area contributed by atoms with Crippen molar-refractivity contribution in [3.8, 4) is 85.1 Å². The molecule has 0 bridgehead atoms. The summed E-state index contributed by atoms with van der Waals surface area (Å²) < 4.78 is 9.12. The van der Waals surface area contributed by atoms with Crippen molar-refractivity contribution in [3.63, 3.8) is 0 Å². The minimum Gasteiger partial charge on any atom is -0.455 e. The molecule has 4 aromatic heterocycles. The molecule has 0 aliphatic carbocycles. The van der Waals surface area contributed by atoms with E-state index in [-0.39, 0.29) is 38.7 Å². The van der Waals surface area contributed by atoms with Crippen LogP contribution in [0.1, 0.15) is 0 Å². The van der Waals surface area contributed by atoms with E-state index >= 15 is 0 Å². The number of benzene rings is 9. The molecule has 9 aromatic carbocycles. The first kappa shape index (κ1) is 43.9. The summed E-state index contributed by atoms with van der Waals surface area (Å²) in [6.07, 6.45) is 0. The second kappa shape index (κ2) is 17.6. The highest BCUT2D eigenvalue weighted by molar-refractivity contribution is 6.68. The number of fused-ring (bicyclic) bond motifs is 6. The third kappa shape index (κ3) is 7.38. The van der Waals surface area contributed by atoms with Gasteiger partial charge < -0.3 is 8.98 Å². The van der Waals surface area contributed by atoms with E-state index in [2.05, 4.69) is 71.3 Å². The molecule has 13 aromatic rings. The van der Waals surface area contributed by atoms with Gasteiger partial charge in [-0.15, -0.1) is 16.4 Å². The van der Waals surface area contributed by atoms with Crippen LogP contribution in [-0.2, 0) is 0 Å². The Bertz CT molecular complexity index is 4200. The average molecular weight is 921 g/mol. The molecule has 0 fully saturated rings. The van der Waals surface area contributed by atoms with Crippen LogP contribution in [0.4, 0.5) is 0 Å². The Kier molecular flexibility index (Phi) is 10.6. The van der Waals surface area contributed by atoms with Gasteiger partial charge in [0.25, 0.3) is 0 Å². The van der Waals surface area contributed by atoms with Gasteiger partial charge in [-0.05, 0) is 47.5 Å². The highest BCUT2D eigenvalue weighted by Crippen LogP contribution is 2.44. The number of para-hydroxylation sites is 3. The zero-order valence-corrected chi connectivity index (χ0v) is 38.9. The zero-order chi connectivity index (χ0) is 49.3. The van der Waals surface area contributed by atoms with Crippen molar-refractivity contribution < 1.29 is 4.42 Å². The van der Waals surface area contributed by atoms with Gasteiger partial charge in [0.05, 0.1) is 22.3 Å². The standard InChI is InChI=1S/C60H32B5N7O/c61-49-48(50(62)52(64)53(65)51(49)63)60-70-57(35-20-8-3-9-21-35)69-59(71-60)42-32-36(28-31-45(42)72-43-25-13-10-22-38(43)39-23-11-14-26-44(39)72)37-29-30-41(54-47(37)40-24-12-15-27-46(40)73-54)58-67-55(33-16-4-1-5-17-33)66-56(68-58)34-18-6-2-7-19-34/h1-32H. The van der Waals surface area contributed by atoms with Crippen LogP contribution in [-0.4, -0.2) is 73.7 Å². The van der Waals surface area contributed by atoms with Crippen molar-refractivity contribution in [2.24, 2.45) is 0 Å². The maximum atomic E-state index is 6.87. The number of hydrogen-bond acceptors (Lipinski definition) is 7. The number of hydrogen-bond donors (Lipinski definition) is 0. The van der Waals surface area contributed by atoms with Gasteiger partial charge in [-0.3, -0.25) is 0 Å². The van der Waals surface area contributed by atoms with Gasteiger partial charge >= 0.3 is 0 Å². The molecular formula is C60H32B5N7O. The Labute approximate surface area is 426 Å². The Morgan fingerprint density at radius 2 is 0.753 bits per heavy atom. The van der Waals surface area contributed by atoms with Crippen molar-refractivity contribution in [1.82, 2.24) is 34.5 Å². The van der Waals surface area contributed by atoms with Crippen LogP contribution in [0.25, 0.3) is 129 Å². The van der Waals surface area contributed by atoms with Crippen LogP contribution in [0.15, 0.2) is 199 Å². The third-order valence-electron chi connectivity index (χ3n) is 13.4. The molecule has 0 spiro atoms. The van der Waals surface area contributed by atoms with Crippen LogP contribution in [0.3, 0.4) is 0 Å². The lowest BCUT2D eigenvalue weighted by atomic mass is 9.60. The fourth-order valence-corrected chi connectivity index (χ4v) is 9.85. The topological polar surface area (TPSA) is 95.4 Å². The van der Waals surface area contributed by atoms with Crippen LogP contribution in [0.5, 0.6) is 0 Å². The molecule has 0 aliphatic heterocycles. The quantitative estimate of drug-likeness (QED) is 0.141. The molecule has 328 valence electrons. The summed E-state index contributed by atoms with van der Waals surface area (Å²) >= 11 is 0. The van der Waals surface area contributed by atoms with E-state index in [0.29, 0.717) is 51.4 Å². The first-order chi connectivity index (χ1) is 35.8. The van der Waals surface area contributed by atoms with Crippen LogP contribution in [0.2, 0.25) is 0 Å². The molecule has 0 aliphatic rings. The van der Waals surface area contributed by atoms with Gasteiger partial charge in [-0.1, -0.05) is 169 Å². The van der Waals surface area contributed by atoms with E-state index in [1.165, 1.54) is 0 Å². The number of furan rings is 1. The Balaban J connectivity index is 1.10. The smallest absolute Gasteiger partial charge is 0.167 e. The highest BCUT2D eigenvalue weighted by Gasteiger charge is 2.25. The molecule has 0 saturated carbocycles. The van der Waals surface area contributed by atoms with E-state index in [9.17, 15) is 0 Å². The first-order valence-corrected chi connectivity index (χ1v) is 23.6. The van der Waals surface area contributed by atoms with Crippen molar-refractivity contribution in [3.05, 3.63) is 194 Å². The van der Waals surface area contributed by atoms with E-state index in [1.807, 2.05) is 127 Å². The molecule has 0 saturated heterocycles. The zero-order valence-electron chi connectivity index (χ0n) is 38.9. The predicted molar refractivity (Wildman–Crippen MR) is 300 cm³/mol. The first-order valence-electron chi connectivity index (χ1n) is 23.6. The lowest BCUT2D eigenvalue weighted by Crippen LogP contribution is -2.55. The van der Waals surface area contributed by atoms with E-state index in [1.54, 1.807) is 0 Å². The average Bonchev–Trinajstić information content (AvgIpc) is 4.01. The molecule has 13 heteroatoms. The van der Waals surface area contributed by atoms with Crippen LogP contribution >= 0.6 is 0 Å². The van der Waals surface area contributed by atoms with E-state index in [4.69, 9.17) is 73.6 Å². The summed E-state index contributed by atoms with van der Waals surface area (Å²) in [5.41, 5.74) is 10.5. The van der Waals surface area contributed by atoms with Crippen LogP contribution < -0.4 is 27.3 Å². The molecule has 73 heavy (non-hydrogen) atoms. The summed E-state index contributed by atoms with van der Waals surface area (Å²) in [6, 6.07) is 64.7. The summed E-state index contributed by atoms with van der Waals surface area (Å²) in [4.78, 5) is 30.7. The van der Waals surface area contributed by atoms with Gasteiger partial charge in [-0.2, -0.15) is 0 Å². The molecule has 8 nitrogen and oxygen atoms in total. The minimum atomic E-state index is 0.0856. The molecular weight excluding hydrogens is 889 g/mol. The van der Waals surface area contributed by atoms with Crippen molar-refractivity contribution >= 4 is 110 Å². The van der Waals surface area contributed by atoms with Gasteiger partial charge in [0.1, 0.15) is 50.4 Å². The summed E-state index contributed by atoms with van der Waals surface area (Å²) in [5, 5.41) is 3.98. The molecule has 4 heterocycles. The summed E-state index contributed by atoms with van der Waals surface area (Å²) in [5.74, 6) is 2.45. The van der Waals surface area contributed by atoms with Crippen LogP contribution in [0, 0.1) is 0 Å². The monoisotopic (exact) mass is 921 g/mol. The molecule has 0 atom stereocenters. The van der Waals surface area contributed by atoms with Gasteiger partial charge in [0, 0.05) is 49.4 Å². The Morgan fingerprint density at radius 3 is 1.32 bits per heavy atom. The van der Waals surface area contributed by atoms with Crippen molar-refractivity contribution in [2.75, 3.05) is 0 Å².